The highest BCUT2D eigenvalue weighted by Gasteiger charge is 2.74. The second-order valence-corrected chi connectivity index (χ2v) is 6.13. The molecule has 0 atom stereocenters. The van der Waals surface area contributed by atoms with E-state index >= 15 is 0 Å². The first-order valence-corrected chi connectivity index (χ1v) is 7.48. The number of halogens is 6. The highest BCUT2D eigenvalue weighted by atomic mass is 19.4. The lowest BCUT2D eigenvalue weighted by atomic mass is 9.71. The van der Waals surface area contributed by atoms with Crippen molar-refractivity contribution in [2.75, 3.05) is 11.5 Å². The molecule has 0 amide bonds. The smallest absolute Gasteiger partial charge is 0.411 e. The van der Waals surface area contributed by atoms with Crippen molar-refractivity contribution >= 4 is 11.4 Å². The first kappa shape index (κ1) is 20.5. The van der Waals surface area contributed by atoms with Crippen LogP contribution in [0.2, 0.25) is 0 Å². The zero-order chi connectivity index (χ0) is 20.9. The van der Waals surface area contributed by atoms with E-state index < -0.39 is 51.8 Å². The molecule has 0 fully saturated rings. The SMILES string of the molecule is Cc1ccc(C(c2ccc(C)c(N)c2O)(C(F)(F)F)C(F)(F)F)c(O)c1N. The van der Waals surface area contributed by atoms with Crippen LogP contribution in [0.1, 0.15) is 22.3 Å². The van der Waals surface area contributed by atoms with Crippen molar-refractivity contribution in [3.63, 3.8) is 0 Å². The van der Waals surface area contributed by atoms with Crippen LogP contribution >= 0.6 is 0 Å². The number of benzene rings is 2. The van der Waals surface area contributed by atoms with Crippen LogP contribution in [-0.4, -0.2) is 22.6 Å². The van der Waals surface area contributed by atoms with Crippen LogP contribution in [0.5, 0.6) is 11.5 Å². The van der Waals surface area contributed by atoms with Gasteiger partial charge in [-0.15, -0.1) is 0 Å². The van der Waals surface area contributed by atoms with E-state index in [1.807, 2.05) is 0 Å². The largest absolute Gasteiger partial charge is 0.505 e. The van der Waals surface area contributed by atoms with E-state index in [1.54, 1.807) is 0 Å². The van der Waals surface area contributed by atoms with Gasteiger partial charge in [-0.25, -0.2) is 0 Å². The number of aryl methyl sites for hydroxylation is 2. The minimum Gasteiger partial charge on any atom is -0.505 e. The van der Waals surface area contributed by atoms with Crippen LogP contribution in [0.25, 0.3) is 0 Å². The lowest BCUT2D eigenvalue weighted by Gasteiger charge is -2.39. The highest BCUT2D eigenvalue weighted by molar-refractivity contribution is 5.70. The number of hydrogen-bond acceptors (Lipinski definition) is 4. The van der Waals surface area contributed by atoms with Gasteiger partial charge in [0, 0.05) is 11.1 Å². The normalized spacial score (nSPS) is 13.0. The number of anilines is 2. The van der Waals surface area contributed by atoms with Gasteiger partial charge in [0.05, 0.1) is 11.4 Å². The minimum atomic E-state index is -6.00. The molecular formula is C17H16F6N2O2. The maximum absolute atomic E-state index is 14.0. The van der Waals surface area contributed by atoms with E-state index in [2.05, 4.69) is 0 Å². The van der Waals surface area contributed by atoms with Crippen LogP contribution in [0, 0.1) is 13.8 Å². The van der Waals surface area contributed by atoms with Crippen LogP contribution in [0.15, 0.2) is 24.3 Å². The maximum Gasteiger partial charge on any atom is 0.411 e. The lowest BCUT2D eigenvalue weighted by molar-refractivity contribution is -0.289. The molecule has 6 N–H and O–H groups in total. The number of aromatic hydroxyl groups is 2. The topological polar surface area (TPSA) is 92.5 Å². The fraction of sp³-hybridized carbons (Fsp3) is 0.294. The van der Waals surface area contributed by atoms with E-state index in [4.69, 9.17) is 11.5 Å². The highest BCUT2D eigenvalue weighted by Crippen LogP contribution is 2.61. The van der Waals surface area contributed by atoms with E-state index in [0.717, 1.165) is 12.1 Å². The van der Waals surface area contributed by atoms with Crippen LogP contribution < -0.4 is 11.5 Å². The number of rotatable bonds is 2. The van der Waals surface area contributed by atoms with Crippen molar-refractivity contribution < 1.29 is 36.6 Å². The molecule has 27 heavy (non-hydrogen) atoms. The quantitative estimate of drug-likeness (QED) is 0.347. The average Bonchev–Trinajstić information content (AvgIpc) is 2.52. The van der Waals surface area contributed by atoms with Crippen molar-refractivity contribution in [3.05, 3.63) is 46.5 Å². The van der Waals surface area contributed by atoms with Gasteiger partial charge in [0.25, 0.3) is 0 Å². The van der Waals surface area contributed by atoms with Gasteiger partial charge in [-0.1, -0.05) is 24.3 Å². The summed E-state index contributed by atoms with van der Waals surface area (Å²) >= 11 is 0. The van der Waals surface area contributed by atoms with Gasteiger partial charge in [0.15, 0.2) is 0 Å². The molecule has 0 aliphatic heterocycles. The summed E-state index contributed by atoms with van der Waals surface area (Å²) < 4.78 is 84.3. The molecule has 0 aliphatic carbocycles. The molecule has 148 valence electrons. The van der Waals surface area contributed by atoms with E-state index in [-0.39, 0.29) is 11.1 Å². The summed E-state index contributed by atoms with van der Waals surface area (Å²) in [5, 5.41) is 20.2. The summed E-state index contributed by atoms with van der Waals surface area (Å²) in [6.45, 7) is 2.62. The lowest BCUT2D eigenvalue weighted by Crippen LogP contribution is -2.55. The molecule has 2 rings (SSSR count). The molecule has 10 heteroatoms. The minimum absolute atomic E-state index is 0.0853. The summed E-state index contributed by atoms with van der Waals surface area (Å²) in [6, 6.07) is 2.81. The van der Waals surface area contributed by atoms with Crippen molar-refractivity contribution in [1.82, 2.24) is 0 Å². The number of alkyl halides is 6. The first-order chi connectivity index (χ1) is 12.2. The molecular weight excluding hydrogens is 378 g/mol. The van der Waals surface area contributed by atoms with E-state index in [1.165, 1.54) is 13.8 Å². The molecule has 0 aliphatic rings. The molecule has 0 bridgehead atoms. The van der Waals surface area contributed by atoms with Gasteiger partial charge in [-0.3, -0.25) is 0 Å². The Morgan fingerprint density at radius 1 is 0.667 bits per heavy atom. The monoisotopic (exact) mass is 394 g/mol. The third-order valence-corrected chi connectivity index (χ3v) is 4.53. The number of hydrogen-bond donors (Lipinski definition) is 4. The molecule has 0 unspecified atom stereocenters. The Balaban J connectivity index is 3.13. The Morgan fingerprint density at radius 2 is 0.963 bits per heavy atom. The molecule has 4 nitrogen and oxygen atoms in total. The maximum atomic E-state index is 14.0. The Kier molecular flexibility index (Phi) is 4.67. The third kappa shape index (κ3) is 2.79. The van der Waals surface area contributed by atoms with Crippen LogP contribution in [0.3, 0.4) is 0 Å². The van der Waals surface area contributed by atoms with Gasteiger partial charge < -0.3 is 21.7 Å². The molecule has 0 spiro atoms. The Bertz CT molecular complexity index is 817. The van der Waals surface area contributed by atoms with Gasteiger partial charge in [0.2, 0.25) is 5.41 Å². The standard InChI is InChI=1S/C17H16F6N2O2/c1-7-3-5-9(13(26)11(7)24)15(16(18,19)20,17(21,22)23)10-6-4-8(2)12(25)14(10)27/h3-6,26-27H,24-25H2,1-2H3. The number of nitrogen functional groups attached to an aromatic ring is 2. The third-order valence-electron chi connectivity index (χ3n) is 4.53. The second kappa shape index (κ2) is 6.14. The summed E-state index contributed by atoms with van der Waals surface area (Å²) in [6.07, 6.45) is -12.0. The molecule has 0 saturated carbocycles. The predicted octanol–water partition coefficient (Wildman–Crippen LogP) is 4.29. The molecule has 0 saturated heterocycles. The number of nitrogens with two attached hydrogens (primary N) is 2. The van der Waals surface area contributed by atoms with Crippen molar-refractivity contribution in [2.24, 2.45) is 0 Å². The summed E-state index contributed by atoms with van der Waals surface area (Å²) in [5.41, 5.74) is 1.97. The number of phenols is 2. The van der Waals surface area contributed by atoms with Crippen molar-refractivity contribution in [1.29, 1.82) is 0 Å². The molecule has 0 heterocycles. The molecule has 0 radical (unpaired) electrons. The van der Waals surface area contributed by atoms with E-state index in [0.29, 0.717) is 12.1 Å². The summed E-state index contributed by atoms with van der Waals surface area (Å²) in [4.78, 5) is 0. The Morgan fingerprint density at radius 3 is 1.22 bits per heavy atom. The second-order valence-electron chi connectivity index (χ2n) is 6.13. The van der Waals surface area contributed by atoms with E-state index in [9.17, 15) is 36.6 Å². The fourth-order valence-electron chi connectivity index (χ4n) is 2.94. The average molecular weight is 394 g/mol. The Labute approximate surface area is 150 Å². The summed E-state index contributed by atoms with van der Waals surface area (Å²) in [5.74, 6) is -2.74. The van der Waals surface area contributed by atoms with Crippen LogP contribution in [-0.2, 0) is 5.41 Å². The Hall–Kier alpha value is -2.78. The fourth-order valence-corrected chi connectivity index (χ4v) is 2.94. The van der Waals surface area contributed by atoms with Crippen molar-refractivity contribution in [2.45, 2.75) is 31.6 Å². The van der Waals surface area contributed by atoms with Gasteiger partial charge in [0.1, 0.15) is 11.5 Å². The molecule has 2 aromatic rings. The van der Waals surface area contributed by atoms with Gasteiger partial charge >= 0.3 is 12.4 Å². The summed E-state index contributed by atoms with van der Waals surface area (Å²) in [7, 11) is 0. The molecule has 0 aromatic heterocycles. The van der Waals surface area contributed by atoms with Gasteiger partial charge in [-0.2, -0.15) is 26.3 Å². The van der Waals surface area contributed by atoms with Crippen molar-refractivity contribution in [3.8, 4) is 11.5 Å². The molecule has 2 aromatic carbocycles. The zero-order valence-electron chi connectivity index (χ0n) is 14.1. The van der Waals surface area contributed by atoms with Gasteiger partial charge in [-0.05, 0) is 25.0 Å². The van der Waals surface area contributed by atoms with Crippen LogP contribution in [0.4, 0.5) is 37.7 Å². The number of phenolic OH excluding ortho intramolecular Hbond substituents is 2. The zero-order valence-corrected chi connectivity index (χ0v) is 14.1. The first-order valence-electron chi connectivity index (χ1n) is 7.48. The predicted molar refractivity (Wildman–Crippen MR) is 87.4 cm³/mol.